The summed E-state index contributed by atoms with van der Waals surface area (Å²) >= 11 is 1.24. The first-order valence-corrected chi connectivity index (χ1v) is 8.25. The van der Waals surface area contributed by atoms with Gasteiger partial charge in [-0.2, -0.15) is 0 Å². The Morgan fingerprint density at radius 3 is 2.58 bits per heavy atom. The summed E-state index contributed by atoms with van der Waals surface area (Å²) < 4.78 is 5.00. The lowest BCUT2D eigenvalue weighted by molar-refractivity contribution is -0.171. The van der Waals surface area contributed by atoms with Crippen molar-refractivity contribution in [2.24, 2.45) is 0 Å². The fourth-order valence-electron chi connectivity index (χ4n) is 1.80. The molecule has 0 fully saturated rings. The average molecular weight is 354 g/mol. The molecule has 0 aromatic carbocycles. The Labute approximate surface area is 141 Å². The van der Waals surface area contributed by atoms with E-state index in [9.17, 15) is 19.8 Å². The monoisotopic (exact) mass is 354 g/mol. The topological polar surface area (TPSA) is 138 Å². The second-order valence-electron chi connectivity index (χ2n) is 5.97. The van der Waals surface area contributed by atoms with Crippen LogP contribution in [0.15, 0.2) is 16.1 Å². The number of hydrogen-bond acceptors (Lipinski definition) is 9. The van der Waals surface area contributed by atoms with Gasteiger partial charge in [-0.25, -0.2) is 19.7 Å². The van der Waals surface area contributed by atoms with E-state index in [0.717, 1.165) is 6.20 Å². The third-order valence-corrected chi connectivity index (χ3v) is 3.44. The van der Waals surface area contributed by atoms with Crippen LogP contribution in [0.3, 0.4) is 0 Å². The molecule has 10 heteroatoms. The Morgan fingerprint density at radius 1 is 1.33 bits per heavy atom. The molecule has 0 bridgehead atoms. The lowest BCUT2D eigenvalue weighted by Gasteiger charge is -2.23. The number of H-pyrrole nitrogens is 1. The van der Waals surface area contributed by atoms with Crippen molar-refractivity contribution in [1.29, 1.82) is 0 Å². The van der Waals surface area contributed by atoms with Crippen LogP contribution in [0, 0.1) is 0 Å². The largest absolute Gasteiger partial charge is 0.458 e. The quantitative estimate of drug-likeness (QED) is 0.398. The number of hydrogen-bond donors (Lipinski definition) is 3. The van der Waals surface area contributed by atoms with Crippen molar-refractivity contribution in [3.05, 3.63) is 22.2 Å². The van der Waals surface area contributed by atoms with E-state index >= 15 is 0 Å². The van der Waals surface area contributed by atoms with Crippen LogP contribution in [0.2, 0.25) is 0 Å². The molecule has 0 unspecified atom stereocenters. The van der Waals surface area contributed by atoms with Crippen molar-refractivity contribution in [3.8, 4) is 0 Å². The molecule has 0 saturated carbocycles. The third kappa shape index (κ3) is 4.08. The number of carbonyl (C=O) groups excluding carboxylic acids is 1. The summed E-state index contributed by atoms with van der Waals surface area (Å²) in [5.74, 6) is -0.998. The number of aliphatic hydroxyl groups is 2. The maximum atomic E-state index is 12.0. The number of fused-ring (bicyclic) bond motifs is 1. The molecule has 2 atom stereocenters. The Hall–Kier alpha value is -2.04. The van der Waals surface area contributed by atoms with E-state index in [1.165, 1.54) is 11.8 Å². The standard InChI is InChI=1S/C14H18N4O5S/c1-14(2,3)23-12(22)9(20)8(19)6-5-15-10-7(16-6)11(21)18-13(17-10)24-4/h5,8-9,19-20H,1-4H3,(H,15,17,18,21)/t8-,9+/m0/s1. The van der Waals surface area contributed by atoms with Gasteiger partial charge in [-0.05, 0) is 27.0 Å². The fraction of sp³-hybridized carbons (Fsp3) is 0.500. The van der Waals surface area contributed by atoms with E-state index in [1.807, 2.05) is 0 Å². The highest BCUT2D eigenvalue weighted by Crippen LogP contribution is 2.19. The van der Waals surface area contributed by atoms with Gasteiger partial charge in [0.2, 0.25) is 0 Å². The van der Waals surface area contributed by atoms with Crippen molar-refractivity contribution < 1.29 is 19.7 Å². The molecule has 3 N–H and O–H groups in total. The smallest absolute Gasteiger partial charge is 0.338 e. The molecule has 0 aliphatic heterocycles. The zero-order valence-corrected chi connectivity index (χ0v) is 14.4. The van der Waals surface area contributed by atoms with Crippen molar-refractivity contribution >= 4 is 28.9 Å². The second kappa shape index (κ2) is 6.83. The number of esters is 1. The summed E-state index contributed by atoms with van der Waals surface area (Å²) in [5.41, 5.74) is -1.48. The number of carbonyl (C=O) groups is 1. The molecular weight excluding hydrogens is 336 g/mol. The van der Waals surface area contributed by atoms with E-state index in [4.69, 9.17) is 4.74 Å². The van der Waals surface area contributed by atoms with Gasteiger partial charge in [0.05, 0.1) is 11.9 Å². The summed E-state index contributed by atoms with van der Waals surface area (Å²) in [5, 5.41) is 20.4. The Bertz CT molecular complexity index is 817. The molecule has 2 aromatic rings. The van der Waals surface area contributed by atoms with Gasteiger partial charge in [0, 0.05) is 0 Å². The van der Waals surface area contributed by atoms with Crippen LogP contribution in [0.4, 0.5) is 0 Å². The zero-order chi connectivity index (χ0) is 18.1. The predicted molar refractivity (Wildman–Crippen MR) is 86.5 cm³/mol. The first-order valence-electron chi connectivity index (χ1n) is 7.02. The van der Waals surface area contributed by atoms with Gasteiger partial charge in [-0.1, -0.05) is 11.8 Å². The van der Waals surface area contributed by atoms with Gasteiger partial charge >= 0.3 is 5.97 Å². The molecule has 2 aromatic heterocycles. The van der Waals surface area contributed by atoms with Gasteiger partial charge in [0.15, 0.2) is 22.4 Å². The number of nitrogens with zero attached hydrogens (tertiary/aromatic N) is 3. The van der Waals surface area contributed by atoms with E-state index in [-0.39, 0.29) is 16.9 Å². The molecule has 9 nitrogen and oxygen atoms in total. The molecule has 0 aliphatic carbocycles. The minimum absolute atomic E-state index is 0.0965. The predicted octanol–water partition coefficient (Wildman–Crippen LogP) is 0.171. The van der Waals surface area contributed by atoms with Crippen molar-refractivity contribution in [3.63, 3.8) is 0 Å². The van der Waals surface area contributed by atoms with E-state index in [1.54, 1.807) is 27.0 Å². The van der Waals surface area contributed by atoms with E-state index in [0.29, 0.717) is 5.16 Å². The summed E-state index contributed by atoms with van der Waals surface area (Å²) in [6, 6.07) is 0. The van der Waals surface area contributed by atoms with Gasteiger partial charge < -0.3 is 14.9 Å². The van der Waals surface area contributed by atoms with Crippen LogP contribution in [0.1, 0.15) is 32.6 Å². The molecule has 2 heterocycles. The molecule has 0 amide bonds. The van der Waals surface area contributed by atoms with E-state index in [2.05, 4.69) is 19.9 Å². The van der Waals surface area contributed by atoms with Crippen LogP contribution in [-0.2, 0) is 9.53 Å². The van der Waals surface area contributed by atoms with Crippen LogP contribution in [0.25, 0.3) is 11.2 Å². The molecule has 0 radical (unpaired) electrons. The first-order chi connectivity index (χ1) is 11.1. The zero-order valence-electron chi connectivity index (χ0n) is 13.6. The van der Waals surface area contributed by atoms with Crippen LogP contribution in [-0.4, -0.2) is 54.1 Å². The van der Waals surface area contributed by atoms with Crippen LogP contribution in [0.5, 0.6) is 0 Å². The molecule has 0 saturated heterocycles. The molecular formula is C14H18N4O5S. The van der Waals surface area contributed by atoms with Gasteiger partial charge in [0.1, 0.15) is 11.7 Å². The van der Waals surface area contributed by atoms with Crippen molar-refractivity contribution in [2.45, 2.75) is 43.7 Å². The Morgan fingerprint density at radius 2 is 2.00 bits per heavy atom. The van der Waals surface area contributed by atoms with Crippen LogP contribution >= 0.6 is 11.8 Å². The summed E-state index contributed by atoms with van der Waals surface area (Å²) in [7, 11) is 0. The minimum atomic E-state index is -1.85. The molecule has 0 spiro atoms. The van der Waals surface area contributed by atoms with Gasteiger partial charge in [0.25, 0.3) is 5.56 Å². The van der Waals surface area contributed by atoms with Crippen LogP contribution < -0.4 is 5.56 Å². The van der Waals surface area contributed by atoms with Crippen molar-refractivity contribution in [1.82, 2.24) is 19.9 Å². The summed E-state index contributed by atoms with van der Waals surface area (Å²) in [4.78, 5) is 38.3. The fourth-order valence-corrected chi connectivity index (χ4v) is 2.18. The number of rotatable bonds is 4. The maximum absolute atomic E-state index is 12.0. The highest BCUT2D eigenvalue weighted by Gasteiger charge is 2.31. The average Bonchev–Trinajstić information content (AvgIpc) is 2.51. The molecule has 2 rings (SSSR count). The second-order valence-corrected chi connectivity index (χ2v) is 6.76. The molecule has 0 aliphatic rings. The first kappa shape index (κ1) is 18.3. The van der Waals surface area contributed by atoms with Crippen molar-refractivity contribution in [2.75, 3.05) is 6.26 Å². The SMILES string of the molecule is CSc1nc2ncc([C@H](O)[C@@H](O)C(=O)OC(C)(C)C)nc2c(=O)[nH]1. The Balaban J connectivity index is 2.33. The number of aromatic amines is 1. The number of aliphatic hydroxyl groups excluding tert-OH is 2. The number of ether oxygens (including phenoxy) is 1. The molecule has 130 valence electrons. The maximum Gasteiger partial charge on any atom is 0.338 e. The number of aromatic nitrogens is 4. The lowest BCUT2D eigenvalue weighted by atomic mass is 10.1. The third-order valence-electron chi connectivity index (χ3n) is 2.86. The summed E-state index contributed by atoms with van der Waals surface area (Å²) in [6.45, 7) is 4.90. The molecule has 24 heavy (non-hydrogen) atoms. The normalized spacial score (nSPS) is 14.4. The number of nitrogens with one attached hydrogen (secondary N) is 1. The van der Waals surface area contributed by atoms with E-state index < -0.39 is 29.3 Å². The number of thioether (sulfide) groups is 1. The van der Waals surface area contributed by atoms with Gasteiger partial charge in [-0.3, -0.25) is 9.78 Å². The summed E-state index contributed by atoms with van der Waals surface area (Å²) in [6.07, 6.45) is -0.644. The highest BCUT2D eigenvalue weighted by molar-refractivity contribution is 7.98. The Kier molecular flexibility index (Phi) is 5.21. The lowest BCUT2D eigenvalue weighted by Crippen LogP contribution is -2.35. The highest BCUT2D eigenvalue weighted by atomic mass is 32.2. The van der Waals surface area contributed by atoms with Gasteiger partial charge in [-0.15, -0.1) is 0 Å². The minimum Gasteiger partial charge on any atom is -0.458 e.